The van der Waals surface area contributed by atoms with Crippen molar-refractivity contribution in [2.45, 2.75) is 6.42 Å². The van der Waals surface area contributed by atoms with Gasteiger partial charge in [0.05, 0.1) is 5.56 Å². The van der Waals surface area contributed by atoms with Crippen LogP contribution in [0, 0.1) is 0 Å². The Bertz CT molecular complexity index is 550. The second kappa shape index (κ2) is 5.81. The lowest BCUT2D eigenvalue weighted by molar-refractivity contribution is -0.109. The molecule has 0 aromatic carbocycles. The zero-order valence-corrected chi connectivity index (χ0v) is 9.77. The number of H-pyrrole nitrogens is 1. The van der Waals surface area contributed by atoms with E-state index >= 15 is 0 Å². The highest BCUT2D eigenvalue weighted by atomic mass is 16.1. The van der Waals surface area contributed by atoms with Gasteiger partial charge in [-0.1, -0.05) is 0 Å². The molecule has 6 heteroatoms. The van der Waals surface area contributed by atoms with E-state index in [1.54, 1.807) is 18.5 Å². The fourth-order valence-corrected chi connectivity index (χ4v) is 1.69. The standard InChI is InChI=1S/C12H14N4O2/c17-8-13-4-2-6-15-12(18)10-7-16-11-9(10)3-1-5-14-11/h1,3,5,7-8H,2,4,6H2,(H,13,17)(H,14,16)(H,15,18). The third-order valence-electron chi connectivity index (χ3n) is 2.56. The van der Waals surface area contributed by atoms with Crippen LogP contribution >= 0.6 is 0 Å². The number of nitrogens with one attached hydrogen (secondary N) is 3. The summed E-state index contributed by atoms with van der Waals surface area (Å²) in [7, 11) is 0. The number of carbonyl (C=O) groups is 2. The third-order valence-corrected chi connectivity index (χ3v) is 2.56. The summed E-state index contributed by atoms with van der Waals surface area (Å²) in [5.41, 5.74) is 1.28. The Labute approximate surface area is 104 Å². The fourth-order valence-electron chi connectivity index (χ4n) is 1.69. The molecule has 18 heavy (non-hydrogen) atoms. The predicted molar refractivity (Wildman–Crippen MR) is 67.1 cm³/mol. The van der Waals surface area contributed by atoms with Gasteiger partial charge < -0.3 is 15.6 Å². The minimum Gasteiger partial charge on any atom is -0.359 e. The summed E-state index contributed by atoms with van der Waals surface area (Å²) in [5, 5.41) is 6.14. The first kappa shape index (κ1) is 12.1. The Morgan fingerprint density at radius 2 is 2.33 bits per heavy atom. The van der Waals surface area contributed by atoms with Crippen molar-refractivity contribution >= 4 is 23.4 Å². The molecule has 3 N–H and O–H groups in total. The molecule has 2 heterocycles. The summed E-state index contributed by atoms with van der Waals surface area (Å²) in [6, 6.07) is 3.64. The van der Waals surface area contributed by atoms with E-state index in [9.17, 15) is 9.59 Å². The van der Waals surface area contributed by atoms with Gasteiger partial charge >= 0.3 is 0 Å². The van der Waals surface area contributed by atoms with E-state index in [4.69, 9.17) is 0 Å². The Hall–Kier alpha value is -2.37. The summed E-state index contributed by atoms with van der Waals surface area (Å²) in [5.74, 6) is -0.139. The number of hydrogen-bond acceptors (Lipinski definition) is 3. The second-order valence-corrected chi connectivity index (χ2v) is 3.78. The molecule has 0 saturated heterocycles. The molecule has 2 rings (SSSR count). The Morgan fingerprint density at radius 1 is 1.44 bits per heavy atom. The van der Waals surface area contributed by atoms with E-state index in [-0.39, 0.29) is 5.91 Å². The Morgan fingerprint density at radius 3 is 3.17 bits per heavy atom. The van der Waals surface area contributed by atoms with Gasteiger partial charge in [-0.25, -0.2) is 4.98 Å². The zero-order chi connectivity index (χ0) is 12.8. The number of amides is 2. The average molecular weight is 246 g/mol. The minimum absolute atomic E-state index is 0.139. The molecule has 0 aliphatic heterocycles. The van der Waals surface area contributed by atoms with Crippen molar-refractivity contribution in [3.05, 3.63) is 30.1 Å². The van der Waals surface area contributed by atoms with Gasteiger partial charge in [0.2, 0.25) is 6.41 Å². The van der Waals surface area contributed by atoms with Crippen LogP contribution in [-0.2, 0) is 4.79 Å². The van der Waals surface area contributed by atoms with Crippen LogP contribution in [-0.4, -0.2) is 35.4 Å². The molecule has 0 bridgehead atoms. The lowest BCUT2D eigenvalue weighted by Crippen LogP contribution is -2.26. The molecule has 2 aromatic heterocycles. The molecule has 0 spiro atoms. The van der Waals surface area contributed by atoms with Gasteiger partial charge in [0.1, 0.15) is 5.65 Å². The van der Waals surface area contributed by atoms with Gasteiger partial charge in [-0.05, 0) is 18.6 Å². The molecule has 94 valence electrons. The monoisotopic (exact) mass is 246 g/mol. The van der Waals surface area contributed by atoms with Crippen LogP contribution in [0.1, 0.15) is 16.8 Å². The van der Waals surface area contributed by atoms with Crippen molar-refractivity contribution < 1.29 is 9.59 Å². The van der Waals surface area contributed by atoms with Crippen molar-refractivity contribution in [2.24, 2.45) is 0 Å². The maximum atomic E-state index is 11.9. The van der Waals surface area contributed by atoms with Crippen LogP contribution in [0.5, 0.6) is 0 Å². The topological polar surface area (TPSA) is 86.9 Å². The van der Waals surface area contributed by atoms with Gasteiger partial charge in [0, 0.05) is 30.9 Å². The molecular formula is C12H14N4O2. The summed E-state index contributed by atoms with van der Waals surface area (Å²) in [6.45, 7) is 1.08. The van der Waals surface area contributed by atoms with Crippen molar-refractivity contribution in [3.8, 4) is 0 Å². The normalized spacial score (nSPS) is 10.2. The van der Waals surface area contributed by atoms with Gasteiger partial charge in [-0.2, -0.15) is 0 Å². The van der Waals surface area contributed by atoms with Gasteiger partial charge in [0.25, 0.3) is 5.91 Å². The molecule has 6 nitrogen and oxygen atoms in total. The predicted octanol–water partition coefficient (Wildman–Crippen LogP) is 0.429. The highest BCUT2D eigenvalue weighted by molar-refractivity contribution is 6.05. The zero-order valence-electron chi connectivity index (χ0n) is 9.77. The molecule has 0 aliphatic rings. The average Bonchev–Trinajstić information content (AvgIpc) is 2.82. The molecular weight excluding hydrogens is 232 g/mol. The van der Waals surface area contributed by atoms with Crippen molar-refractivity contribution in [3.63, 3.8) is 0 Å². The number of aromatic amines is 1. The molecule has 0 saturated carbocycles. The van der Waals surface area contributed by atoms with E-state index < -0.39 is 0 Å². The second-order valence-electron chi connectivity index (χ2n) is 3.78. The van der Waals surface area contributed by atoms with E-state index in [0.29, 0.717) is 37.1 Å². The number of aromatic nitrogens is 2. The number of rotatable bonds is 6. The van der Waals surface area contributed by atoms with Crippen LogP contribution < -0.4 is 10.6 Å². The fraction of sp³-hybridized carbons (Fsp3) is 0.250. The van der Waals surface area contributed by atoms with Gasteiger partial charge in [-0.3, -0.25) is 9.59 Å². The van der Waals surface area contributed by atoms with Gasteiger partial charge in [0.15, 0.2) is 0 Å². The highest BCUT2D eigenvalue weighted by Crippen LogP contribution is 2.14. The maximum Gasteiger partial charge on any atom is 0.253 e. The Kier molecular flexibility index (Phi) is 3.90. The first-order chi connectivity index (χ1) is 8.83. The molecule has 0 fully saturated rings. The molecule has 0 atom stereocenters. The quantitative estimate of drug-likeness (QED) is 0.510. The van der Waals surface area contributed by atoms with Crippen LogP contribution in [0.3, 0.4) is 0 Å². The SMILES string of the molecule is O=CNCCCNC(=O)c1c[nH]c2ncccc12. The molecule has 0 radical (unpaired) electrons. The van der Waals surface area contributed by atoms with E-state index in [2.05, 4.69) is 20.6 Å². The minimum atomic E-state index is -0.139. The summed E-state index contributed by atoms with van der Waals surface area (Å²) >= 11 is 0. The largest absolute Gasteiger partial charge is 0.359 e. The molecule has 2 aromatic rings. The maximum absolute atomic E-state index is 11.9. The van der Waals surface area contributed by atoms with Crippen molar-refractivity contribution in [1.82, 2.24) is 20.6 Å². The summed E-state index contributed by atoms with van der Waals surface area (Å²) in [6.07, 6.45) is 4.67. The van der Waals surface area contributed by atoms with E-state index in [1.165, 1.54) is 0 Å². The molecule has 2 amide bonds. The Balaban J connectivity index is 1.94. The van der Waals surface area contributed by atoms with Crippen LogP contribution in [0.15, 0.2) is 24.5 Å². The number of hydrogen-bond donors (Lipinski definition) is 3. The van der Waals surface area contributed by atoms with Crippen LogP contribution in [0.2, 0.25) is 0 Å². The number of nitrogens with zero attached hydrogens (tertiary/aromatic N) is 1. The van der Waals surface area contributed by atoms with E-state index in [0.717, 1.165) is 5.39 Å². The number of fused-ring (bicyclic) bond motifs is 1. The smallest absolute Gasteiger partial charge is 0.253 e. The number of carbonyl (C=O) groups excluding carboxylic acids is 2. The molecule has 0 aliphatic carbocycles. The van der Waals surface area contributed by atoms with Crippen molar-refractivity contribution in [1.29, 1.82) is 0 Å². The first-order valence-electron chi connectivity index (χ1n) is 5.70. The van der Waals surface area contributed by atoms with E-state index in [1.807, 2.05) is 6.07 Å². The number of pyridine rings is 1. The lowest BCUT2D eigenvalue weighted by Gasteiger charge is -2.03. The lowest BCUT2D eigenvalue weighted by atomic mass is 10.2. The van der Waals surface area contributed by atoms with Crippen LogP contribution in [0.4, 0.5) is 0 Å². The van der Waals surface area contributed by atoms with Crippen molar-refractivity contribution in [2.75, 3.05) is 13.1 Å². The third kappa shape index (κ3) is 2.65. The highest BCUT2D eigenvalue weighted by Gasteiger charge is 2.11. The summed E-state index contributed by atoms with van der Waals surface area (Å²) in [4.78, 5) is 29.0. The summed E-state index contributed by atoms with van der Waals surface area (Å²) < 4.78 is 0. The molecule has 0 unspecified atom stereocenters. The van der Waals surface area contributed by atoms with Crippen LogP contribution in [0.25, 0.3) is 11.0 Å². The van der Waals surface area contributed by atoms with Gasteiger partial charge in [-0.15, -0.1) is 0 Å². The first-order valence-corrected chi connectivity index (χ1v) is 5.70.